The molecule has 0 radical (unpaired) electrons. The van der Waals surface area contributed by atoms with Crippen LogP contribution >= 0.6 is 12.4 Å². The third-order valence-electron chi connectivity index (χ3n) is 4.14. The Labute approximate surface area is 129 Å². The van der Waals surface area contributed by atoms with E-state index in [1.165, 1.54) is 11.1 Å². The van der Waals surface area contributed by atoms with Gasteiger partial charge >= 0.3 is 0 Å². The minimum absolute atomic E-state index is 0. The van der Waals surface area contributed by atoms with Crippen molar-refractivity contribution in [1.82, 2.24) is 20.4 Å². The van der Waals surface area contributed by atoms with E-state index in [4.69, 9.17) is 0 Å². The third-order valence-corrected chi connectivity index (χ3v) is 4.14. The second-order valence-electron chi connectivity index (χ2n) is 5.39. The molecule has 0 unspecified atom stereocenters. The molecule has 0 atom stereocenters. The van der Waals surface area contributed by atoms with Crippen LogP contribution in [0.25, 0.3) is 0 Å². The second kappa shape index (κ2) is 5.50. The number of fused-ring (bicyclic) bond motifs is 2. The van der Waals surface area contributed by atoms with Crippen molar-refractivity contribution in [2.75, 3.05) is 6.54 Å². The first-order chi connectivity index (χ1) is 9.83. The van der Waals surface area contributed by atoms with Gasteiger partial charge in [-0.05, 0) is 11.1 Å². The maximum atomic E-state index is 12.7. The molecule has 0 aliphatic carbocycles. The first-order valence-electron chi connectivity index (χ1n) is 6.96. The number of H-pyrrole nitrogens is 1. The van der Waals surface area contributed by atoms with Gasteiger partial charge in [0.05, 0.1) is 0 Å². The number of rotatable bonds is 1. The predicted octanol–water partition coefficient (Wildman–Crippen LogP) is 1.63. The fourth-order valence-corrected chi connectivity index (χ4v) is 3.03. The van der Waals surface area contributed by atoms with Gasteiger partial charge in [-0.1, -0.05) is 24.3 Å². The molecule has 2 aliphatic rings. The maximum Gasteiger partial charge on any atom is 0.275 e. The standard InChI is InChI=1S/C15H16N4O.ClH/c20-15(14-12-7-16-6-5-13(12)17-18-14)19-8-10-3-1-2-4-11(10)9-19;/h1-4,16H,5-9H2,(H,17,18);1H. The molecule has 110 valence electrons. The summed E-state index contributed by atoms with van der Waals surface area (Å²) in [5.74, 6) is 0.0300. The number of benzene rings is 1. The predicted molar refractivity (Wildman–Crippen MR) is 81.3 cm³/mol. The monoisotopic (exact) mass is 304 g/mol. The quantitative estimate of drug-likeness (QED) is 0.842. The molecule has 0 fully saturated rings. The molecule has 5 nitrogen and oxygen atoms in total. The van der Waals surface area contributed by atoms with Gasteiger partial charge in [-0.2, -0.15) is 5.10 Å². The number of carbonyl (C=O) groups excluding carboxylic acids is 1. The zero-order valence-corrected chi connectivity index (χ0v) is 12.4. The Morgan fingerprint density at radius 3 is 2.62 bits per heavy atom. The van der Waals surface area contributed by atoms with Crippen LogP contribution in [0.15, 0.2) is 24.3 Å². The van der Waals surface area contributed by atoms with E-state index in [2.05, 4.69) is 27.6 Å². The lowest BCUT2D eigenvalue weighted by Gasteiger charge is -2.17. The lowest BCUT2D eigenvalue weighted by molar-refractivity contribution is 0.0744. The topological polar surface area (TPSA) is 61.0 Å². The number of carbonyl (C=O) groups is 1. The van der Waals surface area contributed by atoms with E-state index < -0.39 is 0 Å². The molecule has 1 aromatic carbocycles. The van der Waals surface area contributed by atoms with E-state index in [1.54, 1.807) is 0 Å². The first-order valence-corrected chi connectivity index (χ1v) is 6.96. The average molecular weight is 305 g/mol. The molecule has 0 bridgehead atoms. The molecule has 2 aromatic rings. The lowest BCUT2D eigenvalue weighted by Crippen LogP contribution is -2.29. The van der Waals surface area contributed by atoms with E-state index in [0.29, 0.717) is 18.8 Å². The Morgan fingerprint density at radius 1 is 1.19 bits per heavy atom. The number of amides is 1. The van der Waals surface area contributed by atoms with Crippen molar-refractivity contribution in [3.63, 3.8) is 0 Å². The van der Waals surface area contributed by atoms with Crippen molar-refractivity contribution in [3.05, 3.63) is 52.3 Å². The molecular formula is C15H17ClN4O. The van der Waals surface area contributed by atoms with Crippen molar-refractivity contribution in [2.24, 2.45) is 0 Å². The van der Waals surface area contributed by atoms with Crippen LogP contribution in [0.5, 0.6) is 0 Å². The van der Waals surface area contributed by atoms with E-state index >= 15 is 0 Å². The van der Waals surface area contributed by atoms with Gasteiger partial charge in [0.25, 0.3) is 5.91 Å². The maximum absolute atomic E-state index is 12.7. The lowest BCUT2D eigenvalue weighted by atomic mass is 10.1. The molecule has 3 heterocycles. The van der Waals surface area contributed by atoms with Gasteiger partial charge < -0.3 is 10.2 Å². The van der Waals surface area contributed by atoms with Gasteiger partial charge in [0.2, 0.25) is 0 Å². The Hall–Kier alpha value is -1.85. The summed E-state index contributed by atoms with van der Waals surface area (Å²) in [6, 6.07) is 8.22. The Kier molecular flexibility index (Phi) is 3.69. The molecule has 6 heteroatoms. The van der Waals surface area contributed by atoms with Gasteiger partial charge in [-0.25, -0.2) is 0 Å². The Morgan fingerprint density at radius 2 is 1.90 bits per heavy atom. The first kappa shape index (κ1) is 14.1. The number of nitrogens with one attached hydrogen (secondary N) is 2. The molecule has 1 amide bonds. The largest absolute Gasteiger partial charge is 0.329 e. The fraction of sp³-hybridized carbons (Fsp3) is 0.333. The number of hydrogen-bond acceptors (Lipinski definition) is 3. The van der Waals surface area contributed by atoms with Gasteiger partial charge in [0.15, 0.2) is 5.69 Å². The zero-order chi connectivity index (χ0) is 13.5. The molecule has 1 aromatic heterocycles. The van der Waals surface area contributed by atoms with Gasteiger partial charge in [-0.15, -0.1) is 12.4 Å². The minimum atomic E-state index is 0. The van der Waals surface area contributed by atoms with Crippen LogP contribution < -0.4 is 5.32 Å². The molecule has 0 spiro atoms. The summed E-state index contributed by atoms with van der Waals surface area (Å²) in [6.07, 6.45) is 0.913. The normalized spacial score (nSPS) is 16.1. The van der Waals surface area contributed by atoms with E-state index in [9.17, 15) is 4.79 Å². The molecule has 4 rings (SSSR count). The van der Waals surface area contributed by atoms with Crippen molar-refractivity contribution < 1.29 is 4.79 Å². The summed E-state index contributed by atoms with van der Waals surface area (Å²) in [4.78, 5) is 14.5. The molecule has 0 saturated carbocycles. The van der Waals surface area contributed by atoms with Crippen LogP contribution in [0.1, 0.15) is 32.9 Å². The SMILES string of the molecule is Cl.O=C(c1n[nH]c2c1CNCC2)N1Cc2ccccc2C1. The highest BCUT2D eigenvalue weighted by Crippen LogP contribution is 2.25. The van der Waals surface area contributed by atoms with Crippen LogP contribution in [0.2, 0.25) is 0 Å². The Bertz CT molecular complexity index is 657. The van der Waals surface area contributed by atoms with Gasteiger partial charge in [0.1, 0.15) is 0 Å². The van der Waals surface area contributed by atoms with Crippen LogP contribution in [0.4, 0.5) is 0 Å². The third kappa shape index (κ3) is 2.32. The summed E-state index contributed by atoms with van der Waals surface area (Å²) in [6.45, 7) is 3.04. The summed E-state index contributed by atoms with van der Waals surface area (Å²) in [5.41, 5.74) is 5.20. The number of halogens is 1. The molecule has 2 N–H and O–H groups in total. The summed E-state index contributed by atoms with van der Waals surface area (Å²) in [7, 11) is 0. The van der Waals surface area contributed by atoms with E-state index in [1.807, 2.05) is 17.0 Å². The molecule has 2 aliphatic heterocycles. The number of aromatic amines is 1. The van der Waals surface area contributed by atoms with Crippen LogP contribution in [0, 0.1) is 0 Å². The smallest absolute Gasteiger partial charge is 0.275 e. The number of hydrogen-bond donors (Lipinski definition) is 2. The van der Waals surface area contributed by atoms with Crippen molar-refractivity contribution in [1.29, 1.82) is 0 Å². The summed E-state index contributed by atoms with van der Waals surface area (Å²) >= 11 is 0. The highest BCUT2D eigenvalue weighted by molar-refractivity contribution is 5.94. The van der Waals surface area contributed by atoms with Crippen LogP contribution in [0.3, 0.4) is 0 Å². The van der Waals surface area contributed by atoms with E-state index in [-0.39, 0.29) is 18.3 Å². The van der Waals surface area contributed by atoms with E-state index in [0.717, 1.165) is 30.8 Å². The molecular weight excluding hydrogens is 288 g/mol. The number of nitrogens with zero attached hydrogens (tertiary/aromatic N) is 2. The molecule has 0 saturated heterocycles. The summed E-state index contributed by atoms with van der Waals surface area (Å²) in [5, 5.41) is 10.6. The van der Waals surface area contributed by atoms with Gasteiger partial charge in [0, 0.05) is 43.9 Å². The van der Waals surface area contributed by atoms with Crippen molar-refractivity contribution in [3.8, 4) is 0 Å². The van der Waals surface area contributed by atoms with Crippen molar-refractivity contribution >= 4 is 18.3 Å². The summed E-state index contributed by atoms with van der Waals surface area (Å²) < 4.78 is 0. The van der Waals surface area contributed by atoms with Gasteiger partial charge in [-0.3, -0.25) is 9.89 Å². The minimum Gasteiger partial charge on any atom is -0.329 e. The van der Waals surface area contributed by atoms with Crippen molar-refractivity contribution in [2.45, 2.75) is 26.1 Å². The fourth-order valence-electron chi connectivity index (χ4n) is 3.03. The highest BCUT2D eigenvalue weighted by Gasteiger charge is 2.29. The second-order valence-corrected chi connectivity index (χ2v) is 5.39. The Balaban J connectivity index is 0.00000132. The highest BCUT2D eigenvalue weighted by atomic mass is 35.5. The van der Waals surface area contributed by atoms with Crippen LogP contribution in [-0.4, -0.2) is 27.5 Å². The average Bonchev–Trinajstić information content (AvgIpc) is 3.10. The zero-order valence-electron chi connectivity index (χ0n) is 11.6. The number of aromatic nitrogens is 2. The molecule has 21 heavy (non-hydrogen) atoms. The van der Waals surface area contributed by atoms with Crippen LogP contribution in [-0.2, 0) is 26.1 Å².